The molecule has 6 nitrogen and oxygen atoms in total. The molecule has 1 amide bonds. The molecule has 0 spiro atoms. The number of amides is 1. The van der Waals surface area contributed by atoms with Gasteiger partial charge in [-0.25, -0.2) is 0 Å². The van der Waals surface area contributed by atoms with Crippen molar-refractivity contribution in [3.63, 3.8) is 0 Å². The molecule has 1 aromatic carbocycles. The summed E-state index contributed by atoms with van der Waals surface area (Å²) in [6, 6.07) is 9.84. The van der Waals surface area contributed by atoms with Crippen molar-refractivity contribution in [2.75, 3.05) is 0 Å². The van der Waals surface area contributed by atoms with E-state index in [0.717, 1.165) is 5.56 Å². The Hall–Kier alpha value is -2.63. The second-order valence-corrected chi connectivity index (χ2v) is 5.92. The lowest BCUT2D eigenvalue weighted by Gasteiger charge is -2.31. The summed E-state index contributed by atoms with van der Waals surface area (Å²) in [6.45, 7) is 4.34. The number of rotatable bonds is 8. The third-order valence-electron chi connectivity index (χ3n) is 4.30. The predicted molar refractivity (Wildman–Crippen MR) is 90.8 cm³/mol. The number of carbonyl (C=O) groups is 2. The first kappa shape index (κ1) is 17.7. The number of carboxylic acid groups (broad SMARTS) is 1. The Kier molecular flexibility index (Phi) is 5.73. The molecule has 2 aromatic rings. The molecule has 0 saturated carbocycles. The maximum Gasteiger partial charge on any atom is 0.305 e. The lowest BCUT2D eigenvalue weighted by molar-refractivity contribution is -0.138. The van der Waals surface area contributed by atoms with E-state index in [1.165, 1.54) is 6.20 Å². The molecule has 0 aliphatic heterocycles. The van der Waals surface area contributed by atoms with Gasteiger partial charge in [0.1, 0.15) is 0 Å². The van der Waals surface area contributed by atoms with Gasteiger partial charge in [-0.05, 0) is 18.4 Å². The van der Waals surface area contributed by atoms with Gasteiger partial charge in [0.05, 0.1) is 30.3 Å². The van der Waals surface area contributed by atoms with E-state index >= 15 is 0 Å². The number of carbonyl (C=O) groups excluding carboxylic acids is 1. The fourth-order valence-corrected chi connectivity index (χ4v) is 2.66. The SMILES string of the molecule is CCC(CC)(CC(=O)O)NC(=O)c1cnn(Cc2ccccc2)c1. The van der Waals surface area contributed by atoms with E-state index < -0.39 is 11.5 Å². The molecule has 0 fully saturated rings. The van der Waals surface area contributed by atoms with Gasteiger partial charge in [-0.2, -0.15) is 5.10 Å². The van der Waals surface area contributed by atoms with E-state index in [0.29, 0.717) is 24.9 Å². The highest BCUT2D eigenvalue weighted by Crippen LogP contribution is 2.20. The summed E-state index contributed by atoms with van der Waals surface area (Å²) >= 11 is 0. The maximum atomic E-state index is 12.5. The van der Waals surface area contributed by atoms with Gasteiger partial charge < -0.3 is 10.4 Å². The molecule has 2 rings (SSSR count). The van der Waals surface area contributed by atoms with Crippen LogP contribution in [-0.2, 0) is 11.3 Å². The zero-order valence-electron chi connectivity index (χ0n) is 14.0. The molecule has 0 bridgehead atoms. The summed E-state index contributed by atoms with van der Waals surface area (Å²) in [5, 5.41) is 16.2. The van der Waals surface area contributed by atoms with Gasteiger partial charge in [0, 0.05) is 6.20 Å². The average molecular weight is 329 g/mol. The van der Waals surface area contributed by atoms with Gasteiger partial charge in [-0.1, -0.05) is 44.2 Å². The Balaban J connectivity index is 2.08. The van der Waals surface area contributed by atoms with E-state index in [4.69, 9.17) is 5.11 Å². The number of benzene rings is 1. The molecule has 0 aliphatic carbocycles. The van der Waals surface area contributed by atoms with E-state index in [1.807, 2.05) is 44.2 Å². The molecule has 1 aromatic heterocycles. The monoisotopic (exact) mass is 329 g/mol. The number of hydrogen-bond acceptors (Lipinski definition) is 3. The molecule has 128 valence electrons. The third-order valence-corrected chi connectivity index (χ3v) is 4.30. The van der Waals surface area contributed by atoms with Crippen molar-refractivity contribution in [3.8, 4) is 0 Å². The standard InChI is InChI=1S/C18H23N3O3/c1-3-18(4-2,10-16(22)23)20-17(24)15-11-19-21(13-15)12-14-8-6-5-7-9-14/h5-9,11,13H,3-4,10,12H2,1-2H3,(H,20,24)(H,22,23). The van der Waals surface area contributed by atoms with Gasteiger partial charge in [-0.3, -0.25) is 14.3 Å². The molecule has 0 saturated heterocycles. The second-order valence-electron chi connectivity index (χ2n) is 5.92. The number of aromatic nitrogens is 2. The second kappa shape index (κ2) is 7.77. The summed E-state index contributed by atoms with van der Waals surface area (Å²) in [4.78, 5) is 23.6. The van der Waals surface area contributed by atoms with Crippen molar-refractivity contribution in [1.29, 1.82) is 0 Å². The van der Waals surface area contributed by atoms with Gasteiger partial charge in [0.2, 0.25) is 0 Å². The van der Waals surface area contributed by atoms with Crippen LogP contribution >= 0.6 is 0 Å². The van der Waals surface area contributed by atoms with Crippen LogP contribution in [0.15, 0.2) is 42.7 Å². The van der Waals surface area contributed by atoms with Crippen molar-refractivity contribution in [2.45, 2.75) is 45.2 Å². The lowest BCUT2D eigenvalue weighted by Crippen LogP contribution is -2.49. The van der Waals surface area contributed by atoms with E-state index in [1.54, 1.807) is 10.9 Å². The van der Waals surface area contributed by atoms with Crippen LogP contribution < -0.4 is 5.32 Å². The van der Waals surface area contributed by atoms with Crippen molar-refractivity contribution in [2.24, 2.45) is 0 Å². The van der Waals surface area contributed by atoms with Gasteiger partial charge in [0.25, 0.3) is 5.91 Å². The maximum absolute atomic E-state index is 12.5. The van der Waals surface area contributed by atoms with Gasteiger partial charge in [0.15, 0.2) is 0 Å². The molecule has 1 heterocycles. The molecular formula is C18H23N3O3. The van der Waals surface area contributed by atoms with Gasteiger partial charge >= 0.3 is 5.97 Å². The fraction of sp³-hybridized carbons (Fsp3) is 0.389. The molecule has 0 unspecified atom stereocenters. The van der Waals surface area contributed by atoms with Crippen molar-refractivity contribution in [3.05, 3.63) is 53.9 Å². The van der Waals surface area contributed by atoms with Crippen molar-refractivity contribution < 1.29 is 14.7 Å². The van der Waals surface area contributed by atoms with Crippen LogP contribution in [0, 0.1) is 0 Å². The number of hydrogen-bond donors (Lipinski definition) is 2. The molecule has 2 N–H and O–H groups in total. The number of nitrogens with one attached hydrogen (secondary N) is 1. The number of aliphatic carboxylic acids is 1. The number of carboxylic acids is 1. The van der Waals surface area contributed by atoms with Crippen LogP contribution in [0.2, 0.25) is 0 Å². The lowest BCUT2D eigenvalue weighted by atomic mass is 9.88. The minimum Gasteiger partial charge on any atom is -0.481 e. The normalized spacial score (nSPS) is 11.2. The minimum atomic E-state index is -0.918. The quantitative estimate of drug-likeness (QED) is 0.780. The average Bonchev–Trinajstić information content (AvgIpc) is 3.03. The van der Waals surface area contributed by atoms with Crippen molar-refractivity contribution in [1.82, 2.24) is 15.1 Å². The Bertz CT molecular complexity index is 691. The zero-order chi connectivity index (χ0) is 17.6. The predicted octanol–water partition coefficient (Wildman–Crippen LogP) is 2.69. The summed E-state index contributed by atoms with van der Waals surface area (Å²) in [5.74, 6) is -1.21. The summed E-state index contributed by atoms with van der Waals surface area (Å²) in [6.07, 6.45) is 4.21. The molecule has 0 aliphatic rings. The molecule has 0 atom stereocenters. The minimum absolute atomic E-state index is 0.0934. The molecule has 24 heavy (non-hydrogen) atoms. The van der Waals surface area contributed by atoms with Crippen LogP contribution in [0.25, 0.3) is 0 Å². The van der Waals surface area contributed by atoms with Crippen molar-refractivity contribution >= 4 is 11.9 Å². The van der Waals surface area contributed by atoms with E-state index in [2.05, 4.69) is 10.4 Å². The first-order chi connectivity index (χ1) is 11.5. The van der Waals surface area contributed by atoms with E-state index in [9.17, 15) is 9.59 Å². The largest absolute Gasteiger partial charge is 0.481 e. The molecule has 0 radical (unpaired) electrons. The summed E-state index contributed by atoms with van der Waals surface area (Å²) in [7, 11) is 0. The van der Waals surface area contributed by atoms with E-state index in [-0.39, 0.29) is 12.3 Å². The highest BCUT2D eigenvalue weighted by Gasteiger charge is 2.31. The molecular weight excluding hydrogens is 306 g/mol. The highest BCUT2D eigenvalue weighted by atomic mass is 16.4. The van der Waals surface area contributed by atoms with Gasteiger partial charge in [-0.15, -0.1) is 0 Å². The fourth-order valence-electron chi connectivity index (χ4n) is 2.66. The van der Waals surface area contributed by atoms with Crippen LogP contribution in [0.1, 0.15) is 49.0 Å². The first-order valence-electron chi connectivity index (χ1n) is 8.08. The van der Waals surface area contributed by atoms with Crippen LogP contribution in [-0.4, -0.2) is 32.3 Å². The van der Waals surface area contributed by atoms with Crippen LogP contribution in [0.3, 0.4) is 0 Å². The third kappa shape index (κ3) is 4.44. The Morgan fingerprint density at radius 2 is 1.88 bits per heavy atom. The van der Waals surface area contributed by atoms with Crippen LogP contribution in [0.4, 0.5) is 0 Å². The summed E-state index contributed by atoms with van der Waals surface area (Å²) in [5.41, 5.74) is 0.794. The number of nitrogens with zero attached hydrogens (tertiary/aromatic N) is 2. The Morgan fingerprint density at radius 1 is 1.21 bits per heavy atom. The Morgan fingerprint density at radius 3 is 2.46 bits per heavy atom. The molecule has 6 heteroatoms. The first-order valence-corrected chi connectivity index (χ1v) is 8.08. The topological polar surface area (TPSA) is 84.2 Å². The van der Waals surface area contributed by atoms with Crippen LogP contribution in [0.5, 0.6) is 0 Å². The smallest absolute Gasteiger partial charge is 0.305 e. The Labute approximate surface area is 141 Å². The zero-order valence-corrected chi connectivity index (χ0v) is 14.0. The summed E-state index contributed by atoms with van der Waals surface area (Å²) < 4.78 is 1.70. The highest BCUT2D eigenvalue weighted by molar-refractivity contribution is 5.94.